The van der Waals surface area contributed by atoms with Crippen LogP contribution in [0.4, 0.5) is 0 Å². The predicted molar refractivity (Wildman–Crippen MR) is 228 cm³/mol. The van der Waals surface area contributed by atoms with Crippen LogP contribution in [0.1, 0.15) is 168 Å². The fraction of sp³-hybridized carbons (Fsp3) is 0.711. The Morgan fingerprint density at radius 1 is 0.574 bits per heavy atom. The van der Waals surface area contributed by atoms with Gasteiger partial charge >= 0.3 is 13.8 Å². The van der Waals surface area contributed by atoms with Crippen LogP contribution in [-0.4, -0.2) is 49.9 Å². The molecule has 2 atom stereocenters. The number of carbonyl (C=O) groups is 1. The van der Waals surface area contributed by atoms with Crippen molar-refractivity contribution in [3.05, 3.63) is 72.9 Å². The summed E-state index contributed by atoms with van der Waals surface area (Å²) in [6, 6.07) is 0. The lowest BCUT2D eigenvalue weighted by Crippen LogP contribution is -2.28. The first kappa shape index (κ1) is 51.9. The third kappa shape index (κ3) is 41.1. The standard InChI is InChI=1S/C45H80NO7P/c1-3-5-7-9-11-13-15-16-17-18-19-20-21-22-23-24-25-26-27-29-31-33-35-37-40-50-42-44(43-52-54(48,49)51-41-39-46)53-45(47)38-36-34-32-30-28-14-12-10-8-6-4-2/h5,7,11,13,16-17,19-20,22-23,25-26,44H,3-4,6,8-10,12,14-15,18,21,24,27-43,46H2,1-2H3,(H,48,49)/b7-5-,13-11-,17-16-,20-19-,23-22-,26-25-. The Kier molecular flexibility index (Phi) is 40.5. The van der Waals surface area contributed by atoms with Gasteiger partial charge in [-0.1, -0.05) is 170 Å². The van der Waals surface area contributed by atoms with E-state index in [1.54, 1.807) is 0 Å². The Morgan fingerprint density at radius 2 is 1.04 bits per heavy atom. The lowest BCUT2D eigenvalue weighted by Gasteiger charge is -2.20. The fourth-order valence-corrected chi connectivity index (χ4v) is 6.29. The van der Waals surface area contributed by atoms with Gasteiger partial charge in [0.25, 0.3) is 0 Å². The van der Waals surface area contributed by atoms with E-state index < -0.39 is 13.9 Å². The van der Waals surface area contributed by atoms with E-state index in [2.05, 4.69) is 86.8 Å². The molecule has 0 saturated carbocycles. The fourth-order valence-electron chi connectivity index (χ4n) is 5.53. The molecule has 8 nitrogen and oxygen atoms in total. The molecule has 0 aliphatic rings. The molecular weight excluding hydrogens is 697 g/mol. The van der Waals surface area contributed by atoms with Crippen LogP contribution in [0.25, 0.3) is 0 Å². The van der Waals surface area contributed by atoms with Crippen molar-refractivity contribution in [2.75, 3.05) is 33.0 Å². The second kappa shape index (κ2) is 42.1. The first-order valence-corrected chi connectivity index (χ1v) is 22.9. The van der Waals surface area contributed by atoms with E-state index in [9.17, 15) is 14.3 Å². The zero-order valence-electron chi connectivity index (χ0n) is 34.4. The minimum atomic E-state index is -4.28. The molecule has 312 valence electrons. The highest BCUT2D eigenvalue weighted by Crippen LogP contribution is 2.43. The normalized spacial score (nSPS) is 14.2. The molecule has 0 aromatic heterocycles. The summed E-state index contributed by atoms with van der Waals surface area (Å²) in [5.74, 6) is -0.342. The van der Waals surface area contributed by atoms with Gasteiger partial charge in [0, 0.05) is 19.6 Å². The Hall–Kier alpha value is -2.06. The van der Waals surface area contributed by atoms with Crippen molar-refractivity contribution in [2.45, 2.75) is 174 Å². The molecule has 2 unspecified atom stereocenters. The number of carbonyl (C=O) groups excluding carboxylic acids is 1. The molecule has 3 N–H and O–H groups in total. The van der Waals surface area contributed by atoms with E-state index in [-0.39, 0.29) is 32.3 Å². The van der Waals surface area contributed by atoms with Crippen molar-refractivity contribution in [1.29, 1.82) is 0 Å². The van der Waals surface area contributed by atoms with E-state index >= 15 is 0 Å². The molecule has 0 rings (SSSR count). The maximum Gasteiger partial charge on any atom is 0.472 e. The Morgan fingerprint density at radius 3 is 1.56 bits per heavy atom. The summed E-state index contributed by atoms with van der Waals surface area (Å²) in [4.78, 5) is 22.4. The first-order chi connectivity index (χ1) is 26.4. The van der Waals surface area contributed by atoms with Gasteiger partial charge in [0.2, 0.25) is 0 Å². The van der Waals surface area contributed by atoms with Gasteiger partial charge < -0.3 is 20.1 Å². The van der Waals surface area contributed by atoms with Crippen LogP contribution in [0.5, 0.6) is 0 Å². The number of hydrogen-bond acceptors (Lipinski definition) is 7. The van der Waals surface area contributed by atoms with Crippen LogP contribution in [0.15, 0.2) is 72.9 Å². The van der Waals surface area contributed by atoms with Gasteiger partial charge in [-0.05, 0) is 64.2 Å². The summed E-state index contributed by atoms with van der Waals surface area (Å²) < 4.78 is 33.4. The van der Waals surface area contributed by atoms with Crippen molar-refractivity contribution in [3.63, 3.8) is 0 Å². The summed E-state index contributed by atoms with van der Waals surface area (Å²) >= 11 is 0. The molecule has 0 spiro atoms. The number of unbranched alkanes of at least 4 members (excludes halogenated alkanes) is 15. The third-order valence-corrected chi connectivity index (χ3v) is 9.62. The van der Waals surface area contributed by atoms with Crippen LogP contribution >= 0.6 is 7.82 Å². The van der Waals surface area contributed by atoms with Gasteiger partial charge in [-0.15, -0.1) is 0 Å². The lowest BCUT2D eigenvalue weighted by atomic mass is 10.1. The van der Waals surface area contributed by atoms with Gasteiger partial charge in [-0.25, -0.2) is 4.57 Å². The van der Waals surface area contributed by atoms with Gasteiger partial charge in [0.1, 0.15) is 6.10 Å². The molecule has 0 aromatic carbocycles. The van der Waals surface area contributed by atoms with E-state index in [1.807, 2.05) is 0 Å². The average Bonchev–Trinajstić information content (AvgIpc) is 3.16. The van der Waals surface area contributed by atoms with Gasteiger partial charge in [-0.2, -0.15) is 0 Å². The Bertz CT molecular complexity index is 1050. The number of nitrogens with two attached hydrogens (primary N) is 1. The van der Waals surface area contributed by atoms with E-state index in [0.29, 0.717) is 13.0 Å². The summed E-state index contributed by atoms with van der Waals surface area (Å²) in [5, 5.41) is 0. The summed E-state index contributed by atoms with van der Waals surface area (Å²) in [6.07, 6.45) is 52.1. The molecule has 0 amide bonds. The molecular formula is C45H80NO7P. The maximum atomic E-state index is 12.5. The number of rotatable bonds is 40. The van der Waals surface area contributed by atoms with Crippen molar-refractivity contribution in [2.24, 2.45) is 5.73 Å². The molecule has 0 aromatic rings. The summed E-state index contributed by atoms with van der Waals surface area (Å²) in [5.41, 5.74) is 5.36. The number of hydrogen-bond donors (Lipinski definition) is 2. The lowest BCUT2D eigenvalue weighted by molar-refractivity contribution is -0.154. The molecule has 0 heterocycles. The van der Waals surface area contributed by atoms with Gasteiger partial charge in [0.05, 0.1) is 19.8 Å². The highest BCUT2D eigenvalue weighted by Gasteiger charge is 2.25. The highest BCUT2D eigenvalue weighted by atomic mass is 31.2. The van der Waals surface area contributed by atoms with Crippen LogP contribution in [0.2, 0.25) is 0 Å². The van der Waals surface area contributed by atoms with Crippen molar-refractivity contribution in [3.8, 4) is 0 Å². The second-order valence-electron chi connectivity index (χ2n) is 13.8. The smallest absolute Gasteiger partial charge is 0.457 e. The van der Waals surface area contributed by atoms with Gasteiger partial charge in [-0.3, -0.25) is 13.8 Å². The minimum Gasteiger partial charge on any atom is -0.457 e. The van der Waals surface area contributed by atoms with E-state index in [1.165, 1.54) is 64.2 Å². The number of allylic oxidation sites excluding steroid dienone is 12. The molecule has 0 aliphatic heterocycles. The molecule has 0 aliphatic carbocycles. The third-order valence-electron chi connectivity index (χ3n) is 8.64. The van der Waals surface area contributed by atoms with E-state index in [4.69, 9.17) is 24.3 Å². The maximum absolute atomic E-state index is 12.5. The number of phosphoric ester groups is 1. The molecule has 0 bridgehead atoms. The molecule has 9 heteroatoms. The molecule has 54 heavy (non-hydrogen) atoms. The Labute approximate surface area is 331 Å². The number of esters is 1. The Balaban J connectivity index is 4.05. The van der Waals surface area contributed by atoms with E-state index in [0.717, 1.165) is 83.5 Å². The summed E-state index contributed by atoms with van der Waals surface area (Å²) in [7, 11) is -4.28. The van der Waals surface area contributed by atoms with Crippen LogP contribution in [0, 0.1) is 0 Å². The van der Waals surface area contributed by atoms with Crippen molar-refractivity contribution in [1.82, 2.24) is 0 Å². The van der Waals surface area contributed by atoms with Crippen LogP contribution < -0.4 is 5.73 Å². The number of ether oxygens (including phenoxy) is 2. The largest absolute Gasteiger partial charge is 0.472 e. The first-order valence-electron chi connectivity index (χ1n) is 21.4. The zero-order chi connectivity index (χ0) is 39.5. The van der Waals surface area contributed by atoms with Crippen LogP contribution in [-0.2, 0) is 27.9 Å². The van der Waals surface area contributed by atoms with Crippen molar-refractivity contribution < 1.29 is 32.8 Å². The second-order valence-corrected chi connectivity index (χ2v) is 15.3. The van der Waals surface area contributed by atoms with Crippen molar-refractivity contribution >= 4 is 13.8 Å². The number of phosphoric acid groups is 1. The molecule has 0 saturated heterocycles. The monoisotopic (exact) mass is 778 g/mol. The van der Waals surface area contributed by atoms with Gasteiger partial charge in [0.15, 0.2) is 0 Å². The SMILES string of the molecule is CC/C=C\C/C=C\C/C=C\C/C=C\C/C=C\C/C=C\CCCCCCCOCC(COP(=O)(O)OCCN)OC(=O)CCCCCCCCCCCCC. The zero-order valence-corrected chi connectivity index (χ0v) is 35.3. The molecule has 0 radical (unpaired) electrons. The molecule has 0 fully saturated rings. The van der Waals surface area contributed by atoms with Crippen LogP contribution in [0.3, 0.4) is 0 Å². The summed E-state index contributed by atoms with van der Waals surface area (Å²) in [6.45, 7) is 4.74. The average molecular weight is 778 g/mol. The minimum absolute atomic E-state index is 0.0941. The highest BCUT2D eigenvalue weighted by molar-refractivity contribution is 7.47. The predicted octanol–water partition coefficient (Wildman–Crippen LogP) is 12.7. The quantitative estimate of drug-likeness (QED) is 0.0273. The topological polar surface area (TPSA) is 117 Å².